The summed E-state index contributed by atoms with van der Waals surface area (Å²) in [6.07, 6.45) is -4.80. The molecule has 1 heterocycles. The smallest absolute Gasteiger partial charge is 0.294 e. The van der Waals surface area contributed by atoms with Crippen molar-refractivity contribution in [2.45, 2.75) is 31.0 Å². The average Bonchev–Trinajstić information content (AvgIpc) is 2.69. The van der Waals surface area contributed by atoms with E-state index in [1.807, 2.05) is 0 Å². The summed E-state index contributed by atoms with van der Waals surface area (Å²) in [6.45, 7) is 6.96. The largest absolute Gasteiger partial charge is 0.389 e. The molecular formula is C10H7ClF3N3S. The summed E-state index contributed by atoms with van der Waals surface area (Å²) in [5.41, 5.74) is -1.70. The average molecular weight is 294 g/mol. The second-order valence-electron chi connectivity index (χ2n) is 3.63. The molecule has 96 valence electrons. The second kappa shape index (κ2) is 5.55. The van der Waals surface area contributed by atoms with Crippen molar-refractivity contribution in [3.63, 3.8) is 0 Å². The molecule has 1 aromatic heterocycles. The molecular weight excluding hydrogens is 287 g/mol. The van der Waals surface area contributed by atoms with Crippen LogP contribution in [0.4, 0.5) is 13.2 Å². The molecule has 0 N–H and O–H groups in total. The van der Waals surface area contributed by atoms with Gasteiger partial charge >= 0.3 is 11.7 Å². The number of nitriles is 1. The second-order valence-corrected chi connectivity index (χ2v) is 5.32. The Labute approximate surface area is 111 Å². The number of aromatic nitrogens is 1. The molecule has 8 heteroatoms. The van der Waals surface area contributed by atoms with Crippen molar-refractivity contribution in [2.24, 2.45) is 0 Å². The van der Waals surface area contributed by atoms with Crippen LogP contribution in [0.5, 0.6) is 0 Å². The van der Waals surface area contributed by atoms with E-state index in [0.717, 1.165) is 11.3 Å². The van der Waals surface area contributed by atoms with Gasteiger partial charge in [-0.1, -0.05) is 11.6 Å². The first-order valence-electron chi connectivity index (χ1n) is 4.77. The van der Waals surface area contributed by atoms with E-state index in [0.29, 0.717) is 4.88 Å². The van der Waals surface area contributed by atoms with Gasteiger partial charge in [0.05, 0.1) is 12.8 Å². The van der Waals surface area contributed by atoms with Crippen molar-refractivity contribution >= 4 is 22.9 Å². The first kappa shape index (κ1) is 14.7. The van der Waals surface area contributed by atoms with Crippen LogP contribution < -0.4 is 0 Å². The predicted octanol–water partition coefficient (Wildman–Crippen LogP) is 3.86. The fourth-order valence-corrected chi connectivity index (χ4v) is 2.39. The molecule has 3 nitrogen and oxygen atoms in total. The van der Waals surface area contributed by atoms with E-state index in [1.165, 1.54) is 6.20 Å². The maximum atomic E-state index is 12.2. The van der Waals surface area contributed by atoms with Crippen LogP contribution in [0.15, 0.2) is 6.20 Å². The minimum atomic E-state index is -4.38. The zero-order chi connectivity index (χ0) is 13.8. The summed E-state index contributed by atoms with van der Waals surface area (Å²) in [5.74, 6) is 0. The minimum absolute atomic E-state index is 0.0898. The number of rotatable bonds is 4. The van der Waals surface area contributed by atoms with Crippen molar-refractivity contribution in [2.75, 3.05) is 0 Å². The summed E-state index contributed by atoms with van der Waals surface area (Å²) in [5, 5.41) is 8.96. The van der Waals surface area contributed by atoms with Crippen molar-refractivity contribution < 1.29 is 13.2 Å². The predicted molar refractivity (Wildman–Crippen MR) is 61.1 cm³/mol. The monoisotopic (exact) mass is 293 g/mol. The molecule has 0 aliphatic heterocycles. The van der Waals surface area contributed by atoms with Crippen LogP contribution in [0.3, 0.4) is 0 Å². The Hall–Kier alpha value is -1.31. The highest BCUT2D eigenvalue weighted by Crippen LogP contribution is 2.32. The molecule has 18 heavy (non-hydrogen) atoms. The molecule has 0 aromatic carbocycles. The summed E-state index contributed by atoms with van der Waals surface area (Å²) in [6, 6.07) is 1.68. The maximum absolute atomic E-state index is 12.2. The molecule has 0 aliphatic carbocycles. The number of nitrogens with zero attached hydrogens (tertiary/aromatic N) is 3. The molecule has 0 spiro atoms. The Kier molecular flexibility index (Phi) is 4.55. The van der Waals surface area contributed by atoms with Crippen LogP contribution in [-0.2, 0) is 6.42 Å². The zero-order valence-corrected chi connectivity index (χ0v) is 10.5. The van der Waals surface area contributed by atoms with Crippen LogP contribution in [-0.4, -0.2) is 16.7 Å². The number of hydrogen-bond donors (Lipinski definition) is 0. The van der Waals surface area contributed by atoms with Gasteiger partial charge in [0.2, 0.25) is 0 Å². The summed E-state index contributed by atoms with van der Waals surface area (Å²) >= 11 is 6.65. The number of hydrogen-bond acceptors (Lipinski definition) is 3. The van der Waals surface area contributed by atoms with Crippen LogP contribution in [0.25, 0.3) is 4.85 Å². The zero-order valence-electron chi connectivity index (χ0n) is 8.96. The fraction of sp³-hybridized carbons (Fsp3) is 0.500. The van der Waals surface area contributed by atoms with E-state index >= 15 is 0 Å². The molecule has 0 fully saturated rings. The molecule has 0 radical (unpaired) electrons. The van der Waals surface area contributed by atoms with Crippen LogP contribution in [0.2, 0.25) is 4.47 Å². The third-order valence-corrected chi connectivity index (χ3v) is 3.35. The van der Waals surface area contributed by atoms with Crippen molar-refractivity contribution in [3.8, 4) is 6.07 Å². The van der Waals surface area contributed by atoms with E-state index in [9.17, 15) is 13.2 Å². The lowest BCUT2D eigenvalue weighted by molar-refractivity contribution is -0.136. The van der Waals surface area contributed by atoms with Gasteiger partial charge in [-0.15, -0.1) is 11.3 Å². The Bertz CT molecular complexity index is 484. The maximum Gasteiger partial charge on any atom is 0.389 e. The molecule has 0 amide bonds. The lowest BCUT2D eigenvalue weighted by Gasteiger charge is -2.14. The Balaban J connectivity index is 2.82. The number of halogens is 4. The van der Waals surface area contributed by atoms with Gasteiger partial charge in [-0.3, -0.25) is 4.85 Å². The van der Waals surface area contributed by atoms with Gasteiger partial charge < -0.3 is 0 Å². The fourth-order valence-electron chi connectivity index (χ4n) is 1.31. The van der Waals surface area contributed by atoms with E-state index < -0.39 is 24.6 Å². The molecule has 1 atom stereocenters. The van der Waals surface area contributed by atoms with Crippen LogP contribution in [0, 0.1) is 17.9 Å². The minimum Gasteiger partial charge on any atom is -0.294 e. The summed E-state index contributed by atoms with van der Waals surface area (Å²) in [7, 11) is 0. The lowest BCUT2D eigenvalue weighted by Crippen LogP contribution is -2.27. The first-order valence-corrected chi connectivity index (χ1v) is 5.96. The van der Waals surface area contributed by atoms with Gasteiger partial charge in [-0.25, -0.2) is 11.6 Å². The van der Waals surface area contributed by atoms with Gasteiger partial charge in [0.25, 0.3) is 0 Å². The quantitative estimate of drug-likeness (QED) is 0.791. The highest BCUT2D eigenvalue weighted by Gasteiger charge is 2.42. The van der Waals surface area contributed by atoms with Gasteiger partial charge in [0.1, 0.15) is 0 Å². The highest BCUT2D eigenvalue weighted by atomic mass is 35.5. The molecule has 1 unspecified atom stereocenters. The molecule has 1 rings (SSSR count). The molecule has 0 bridgehead atoms. The molecule has 0 saturated heterocycles. The topological polar surface area (TPSA) is 41.0 Å². The molecule has 1 aromatic rings. The van der Waals surface area contributed by atoms with Crippen molar-refractivity contribution in [1.82, 2.24) is 4.98 Å². The van der Waals surface area contributed by atoms with Gasteiger partial charge in [0.15, 0.2) is 10.5 Å². The van der Waals surface area contributed by atoms with Crippen molar-refractivity contribution in [1.29, 1.82) is 5.26 Å². The molecule has 0 saturated carbocycles. The van der Waals surface area contributed by atoms with E-state index in [-0.39, 0.29) is 10.9 Å². The summed E-state index contributed by atoms with van der Waals surface area (Å²) < 4.78 is 36.7. The first-order chi connectivity index (χ1) is 8.30. The van der Waals surface area contributed by atoms with E-state index in [2.05, 4.69) is 9.83 Å². The van der Waals surface area contributed by atoms with Gasteiger partial charge in [0, 0.05) is 17.5 Å². The highest BCUT2D eigenvalue weighted by molar-refractivity contribution is 7.15. The Morgan fingerprint density at radius 2 is 2.17 bits per heavy atom. The normalized spacial score (nSPS) is 14.6. The van der Waals surface area contributed by atoms with Gasteiger partial charge in [-0.2, -0.15) is 18.4 Å². The number of thiazole rings is 1. The lowest BCUT2D eigenvalue weighted by atomic mass is 9.91. The van der Waals surface area contributed by atoms with Gasteiger partial charge in [-0.05, 0) is 0 Å². The standard InChI is InChI=1S/C10H7ClF3N3S/c1-16-9(6-15,2-3-10(12,13)14)4-7-5-17-8(11)18-7/h5H,2-4H2. The van der Waals surface area contributed by atoms with E-state index in [1.54, 1.807) is 6.07 Å². The Morgan fingerprint density at radius 1 is 1.50 bits per heavy atom. The van der Waals surface area contributed by atoms with Crippen LogP contribution >= 0.6 is 22.9 Å². The van der Waals surface area contributed by atoms with E-state index in [4.69, 9.17) is 23.4 Å². The third kappa shape index (κ3) is 4.17. The third-order valence-electron chi connectivity index (χ3n) is 2.24. The van der Waals surface area contributed by atoms with Crippen LogP contribution in [0.1, 0.15) is 17.7 Å². The molecule has 0 aliphatic rings. The van der Waals surface area contributed by atoms with Crippen molar-refractivity contribution in [3.05, 3.63) is 27.0 Å². The number of alkyl halides is 3. The summed E-state index contributed by atoms with van der Waals surface area (Å²) in [4.78, 5) is 7.33. The SMILES string of the molecule is [C-]#[N+]C(C#N)(CCC(F)(F)F)Cc1cnc(Cl)s1. The Morgan fingerprint density at radius 3 is 2.56 bits per heavy atom.